The van der Waals surface area contributed by atoms with E-state index in [0.29, 0.717) is 35.7 Å². The Morgan fingerprint density at radius 2 is 1.77 bits per heavy atom. The molecule has 1 fully saturated rings. The van der Waals surface area contributed by atoms with Crippen molar-refractivity contribution >= 4 is 11.9 Å². The molecule has 44 heavy (non-hydrogen) atoms. The summed E-state index contributed by atoms with van der Waals surface area (Å²) in [6, 6.07) is 18.2. The summed E-state index contributed by atoms with van der Waals surface area (Å²) >= 11 is 0. The molecule has 3 heterocycles. The molecule has 1 unspecified atom stereocenters. The van der Waals surface area contributed by atoms with Gasteiger partial charge in [0.2, 0.25) is 17.7 Å². The van der Waals surface area contributed by atoms with E-state index in [1.54, 1.807) is 37.4 Å². The molecule has 3 aromatic heterocycles. The van der Waals surface area contributed by atoms with Gasteiger partial charge in [-0.05, 0) is 42.4 Å². The highest BCUT2D eigenvalue weighted by molar-refractivity contribution is 5.75. The number of nitrogens with two attached hydrogens (primary N) is 1. The molecule has 0 saturated heterocycles. The zero-order valence-electron chi connectivity index (χ0n) is 25.8. The van der Waals surface area contributed by atoms with Gasteiger partial charge in [0.25, 0.3) is 5.89 Å². The van der Waals surface area contributed by atoms with E-state index in [1.165, 1.54) is 4.90 Å². The number of nitrogen functional groups attached to an aromatic ring is 1. The molecule has 0 spiro atoms. The molecule has 0 aliphatic heterocycles. The number of aromatic nitrogens is 6. The summed E-state index contributed by atoms with van der Waals surface area (Å²) in [5.74, 6) is 1.91. The van der Waals surface area contributed by atoms with Crippen LogP contribution in [0.4, 0.5) is 5.95 Å². The number of rotatable bonds is 10. The summed E-state index contributed by atoms with van der Waals surface area (Å²) < 4.78 is 13.3. The summed E-state index contributed by atoms with van der Waals surface area (Å²) in [5, 5.41) is 8.69. The van der Waals surface area contributed by atoms with Crippen molar-refractivity contribution in [2.24, 2.45) is 5.92 Å². The zero-order chi connectivity index (χ0) is 31.3. The van der Waals surface area contributed by atoms with Crippen LogP contribution in [-0.4, -0.2) is 54.8 Å². The van der Waals surface area contributed by atoms with Crippen molar-refractivity contribution in [2.45, 2.75) is 52.2 Å². The minimum absolute atomic E-state index is 0.0546. The minimum atomic E-state index is -0.443. The Morgan fingerprint density at radius 1 is 1.05 bits per heavy atom. The quantitative estimate of drug-likeness (QED) is 0.226. The van der Waals surface area contributed by atoms with Gasteiger partial charge in [0.05, 0.1) is 22.7 Å². The van der Waals surface area contributed by atoms with E-state index >= 15 is 0 Å². The number of hydrogen-bond acceptors (Lipinski definition) is 9. The van der Waals surface area contributed by atoms with Gasteiger partial charge in [0, 0.05) is 26.5 Å². The highest BCUT2D eigenvalue weighted by Crippen LogP contribution is 2.50. The lowest BCUT2D eigenvalue weighted by atomic mass is 9.76. The number of carbonyl (C=O) groups excluding carboxylic acids is 1. The van der Waals surface area contributed by atoms with Crippen LogP contribution in [0.15, 0.2) is 77.7 Å². The second-order valence-corrected chi connectivity index (χ2v) is 10.9. The Hall–Kier alpha value is -5.06. The maximum Gasteiger partial charge on any atom is 0.261 e. The number of likely N-dealkylation sites (N-methyl/N-ethyl adjacent to an activating group) is 1. The topological polar surface area (TPSA) is 138 Å². The number of benzene rings is 2. The molecule has 1 aliphatic carbocycles. The van der Waals surface area contributed by atoms with Crippen LogP contribution in [0.5, 0.6) is 5.88 Å². The Labute approximate surface area is 257 Å². The first-order chi connectivity index (χ1) is 21.3. The molecule has 1 aliphatic rings. The molecule has 2 N–H and O–H groups in total. The third-order valence-electron chi connectivity index (χ3n) is 7.75. The molecule has 0 bridgehead atoms. The van der Waals surface area contributed by atoms with Crippen LogP contribution in [-0.2, 0) is 23.4 Å². The summed E-state index contributed by atoms with van der Waals surface area (Å²) in [6.07, 6.45) is 7.23. The molecule has 1 atom stereocenters. The van der Waals surface area contributed by atoms with Gasteiger partial charge in [-0.2, -0.15) is 15.1 Å². The predicted octanol–water partition coefficient (Wildman–Crippen LogP) is 5.38. The highest BCUT2D eigenvalue weighted by atomic mass is 16.5. The molecule has 1 amide bonds. The fourth-order valence-corrected chi connectivity index (χ4v) is 5.01. The molecule has 2 aromatic carbocycles. The van der Waals surface area contributed by atoms with E-state index in [9.17, 15) is 4.79 Å². The number of anilines is 1. The molecule has 1 saturated carbocycles. The maximum atomic E-state index is 12.1. The van der Waals surface area contributed by atoms with E-state index in [0.717, 1.165) is 35.1 Å². The first-order valence-corrected chi connectivity index (χ1v) is 14.8. The van der Waals surface area contributed by atoms with Gasteiger partial charge < -0.3 is 19.9 Å². The van der Waals surface area contributed by atoms with Crippen LogP contribution in [0.25, 0.3) is 22.6 Å². The normalized spacial score (nSPS) is 13.8. The first kappa shape index (κ1) is 30.4. The smallest absolute Gasteiger partial charge is 0.261 e. The van der Waals surface area contributed by atoms with Crippen molar-refractivity contribution in [3.63, 3.8) is 0 Å². The molecular formula is C33H38N8O3. The Morgan fingerprint density at radius 3 is 2.45 bits per heavy atom. The van der Waals surface area contributed by atoms with Crippen LogP contribution >= 0.6 is 0 Å². The van der Waals surface area contributed by atoms with Crippen LogP contribution in [0.3, 0.4) is 0 Å². The minimum Gasteiger partial charge on any atom is -0.472 e. The summed E-state index contributed by atoms with van der Waals surface area (Å²) in [4.78, 5) is 27.0. The maximum absolute atomic E-state index is 12.1. The fourth-order valence-electron chi connectivity index (χ4n) is 5.01. The molecule has 6 rings (SSSR count). The lowest BCUT2D eigenvalue weighted by Crippen LogP contribution is -2.28. The zero-order valence-corrected chi connectivity index (χ0v) is 25.8. The average Bonchev–Trinajstić information content (AvgIpc) is 3.61. The third kappa shape index (κ3) is 6.46. The SMILES string of the molecule is CC.CN(C)C(=O)Cn1cc(-c2nc(C(C)(c3ccc(-c4cnc(N)nc4OCc4ccccc4)cc3)C3CC3)no2)cn1. The van der Waals surface area contributed by atoms with Crippen molar-refractivity contribution in [3.05, 3.63) is 90.1 Å². The molecule has 11 nitrogen and oxygen atoms in total. The highest BCUT2D eigenvalue weighted by Gasteiger charge is 2.47. The van der Waals surface area contributed by atoms with E-state index in [1.807, 2.05) is 56.3 Å². The summed E-state index contributed by atoms with van der Waals surface area (Å²) in [5.41, 5.74) is 9.89. The van der Waals surface area contributed by atoms with Crippen LogP contribution in [0.1, 0.15) is 50.6 Å². The van der Waals surface area contributed by atoms with E-state index in [-0.39, 0.29) is 18.4 Å². The van der Waals surface area contributed by atoms with Crippen molar-refractivity contribution in [3.8, 4) is 28.5 Å². The van der Waals surface area contributed by atoms with Crippen molar-refractivity contribution in [1.29, 1.82) is 0 Å². The van der Waals surface area contributed by atoms with Gasteiger partial charge in [0.1, 0.15) is 13.2 Å². The van der Waals surface area contributed by atoms with E-state index in [2.05, 4.69) is 39.3 Å². The lowest BCUT2D eigenvalue weighted by molar-refractivity contribution is -0.129. The number of carbonyl (C=O) groups is 1. The standard InChI is InChI=1S/C31H32N8O3.C2H6/c1-31(24-13-14-24,29-35-27(42-37-29)22-15-34-39(17-22)18-26(40)38(2)3)23-11-9-21(10-12-23)25-16-33-30(32)36-28(25)41-19-20-7-5-4-6-8-20;1-2/h4-12,15-17,24H,13-14,18-19H2,1-3H3,(H2,32,33,36);1-2H3. The predicted molar refractivity (Wildman–Crippen MR) is 167 cm³/mol. The summed E-state index contributed by atoms with van der Waals surface area (Å²) in [6.45, 7) is 6.67. The second-order valence-electron chi connectivity index (χ2n) is 10.9. The van der Waals surface area contributed by atoms with Gasteiger partial charge in [-0.25, -0.2) is 4.98 Å². The second kappa shape index (κ2) is 13.1. The van der Waals surface area contributed by atoms with E-state index in [4.69, 9.17) is 20.0 Å². The van der Waals surface area contributed by atoms with E-state index < -0.39 is 5.41 Å². The van der Waals surface area contributed by atoms with Gasteiger partial charge in [-0.1, -0.05) is 73.6 Å². The lowest BCUT2D eigenvalue weighted by Gasteiger charge is -2.27. The van der Waals surface area contributed by atoms with Gasteiger partial charge >= 0.3 is 0 Å². The molecule has 228 valence electrons. The third-order valence-corrected chi connectivity index (χ3v) is 7.75. The first-order valence-electron chi connectivity index (χ1n) is 14.8. The summed E-state index contributed by atoms with van der Waals surface area (Å²) in [7, 11) is 3.43. The molecule has 11 heteroatoms. The average molecular weight is 595 g/mol. The number of amides is 1. The van der Waals surface area contributed by atoms with Crippen LogP contribution < -0.4 is 10.5 Å². The monoisotopic (exact) mass is 594 g/mol. The Kier molecular flexibility index (Phi) is 9.03. The number of nitrogens with zero attached hydrogens (tertiary/aromatic N) is 7. The molecule has 5 aromatic rings. The number of hydrogen-bond donors (Lipinski definition) is 1. The van der Waals surface area contributed by atoms with Gasteiger partial charge in [-0.3, -0.25) is 9.48 Å². The Bertz CT molecular complexity index is 1690. The number of ether oxygens (including phenoxy) is 1. The van der Waals surface area contributed by atoms with Crippen LogP contribution in [0, 0.1) is 5.92 Å². The van der Waals surface area contributed by atoms with Crippen molar-refractivity contribution < 1.29 is 14.1 Å². The fraction of sp³-hybridized carbons (Fsp3) is 0.333. The van der Waals surface area contributed by atoms with Crippen molar-refractivity contribution in [2.75, 3.05) is 19.8 Å². The van der Waals surface area contributed by atoms with Gasteiger partial charge in [0.15, 0.2) is 5.82 Å². The van der Waals surface area contributed by atoms with Gasteiger partial charge in [-0.15, -0.1) is 0 Å². The Balaban J connectivity index is 0.00000188. The van der Waals surface area contributed by atoms with Crippen molar-refractivity contribution in [1.82, 2.24) is 34.8 Å². The molecule has 0 radical (unpaired) electrons. The van der Waals surface area contributed by atoms with Crippen LogP contribution in [0.2, 0.25) is 0 Å². The largest absolute Gasteiger partial charge is 0.472 e. The molecular weight excluding hydrogens is 556 g/mol.